The number of hydrogen-bond donors (Lipinski definition) is 1. The van der Waals surface area contributed by atoms with Crippen LogP contribution in [0.3, 0.4) is 0 Å². The second kappa shape index (κ2) is 6.24. The topological polar surface area (TPSA) is 46.3 Å². The number of rotatable bonds is 4. The first kappa shape index (κ1) is 14.3. The zero-order valence-electron chi connectivity index (χ0n) is 9.91. The first-order valence-corrected chi connectivity index (χ1v) is 6.14. The van der Waals surface area contributed by atoms with E-state index in [9.17, 15) is 4.79 Å². The number of hydrogen-bond acceptors (Lipinski definition) is 2. The van der Waals surface area contributed by atoms with Crippen molar-refractivity contribution < 1.29 is 4.79 Å². The summed E-state index contributed by atoms with van der Waals surface area (Å²) in [5, 5.41) is 1.00. The quantitative estimate of drug-likeness (QED) is 0.918. The lowest BCUT2D eigenvalue weighted by Gasteiger charge is -2.26. The highest BCUT2D eigenvalue weighted by molar-refractivity contribution is 6.42. The number of benzene rings is 1. The Morgan fingerprint density at radius 2 is 2.00 bits per heavy atom. The van der Waals surface area contributed by atoms with Gasteiger partial charge in [-0.1, -0.05) is 29.3 Å². The maximum Gasteiger partial charge on any atom is 0.236 e. The molecule has 0 atom stereocenters. The van der Waals surface area contributed by atoms with Crippen molar-refractivity contribution in [2.75, 3.05) is 6.54 Å². The van der Waals surface area contributed by atoms with Crippen LogP contribution in [0.2, 0.25) is 10.0 Å². The molecule has 0 saturated heterocycles. The molecule has 0 aromatic heterocycles. The Morgan fingerprint density at radius 1 is 1.35 bits per heavy atom. The van der Waals surface area contributed by atoms with E-state index in [1.54, 1.807) is 17.0 Å². The largest absolute Gasteiger partial charge is 0.335 e. The summed E-state index contributed by atoms with van der Waals surface area (Å²) in [6, 6.07) is 5.45. The summed E-state index contributed by atoms with van der Waals surface area (Å²) < 4.78 is 0. The van der Waals surface area contributed by atoms with Crippen molar-refractivity contribution >= 4 is 29.1 Å². The molecule has 0 aliphatic heterocycles. The zero-order valence-corrected chi connectivity index (χ0v) is 11.4. The zero-order chi connectivity index (χ0) is 13.0. The molecule has 3 nitrogen and oxygen atoms in total. The molecule has 0 fully saturated rings. The number of carbonyl (C=O) groups excluding carboxylic acids is 1. The van der Waals surface area contributed by atoms with Crippen molar-refractivity contribution in [3.63, 3.8) is 0 Å². The SMILES string of the molecule is CC(C)N(Cc1ccc(Cl)c(Cl)c1)C(=O)CN. The van der Waals surface area contributed by atoms with Gasteiger partial charge in [-0.3, -0.25) is 4.79 Å². The van der Waals surface area contributed by atoms with E-state index in [1.807, 2.05) is 19.9 Å². The smallest absolute Gasteiger partial charge is 0.236 e. The molecule has 0 heterocycles. The molecule has 1 aromatic carbocycles. The molecule has 5 heteroatoms. The van der Waals surface area contributed by atoms with Gasteiger partial charge in [-0.05, 0) is 31.5 Å². The Labute approximate surface area is 111 Å². The molecule has 1 aromatic rings. The lowest BCUT2D eigenvalue weighted by Crippen LogP contribution is -2.40. The maximum absolute atomic E-state index is 11.7. The average Bonchev–Trinajstić information content (AvgIpc) is 2.29. The van der Waals surface area contributed by atoms with Crippen molar-refractivity contribution in [3.05, 3.63) is 33.8 Å². The fourth-order valence-electron chi connectivity index (χ4n) is 1.51. The second-order valence-corrected chi connectivity index (χ2v) is 4.88. The van der Waals surface area contributed by atoms with Crippen LogP contribution in [-0.2, 0) is 11.3 Å². The lowest BCUT2D eigenvalue weighted by molar-refractivity contribution is -0.132. The molecule has 94 valence electrons. The van der Waals surface area contributed by atoms with E-state index in [0.717, 1.165) is 5.56 Å². The van der Waals surface area contributed by atoms with Crippen molar-refractivity contribution in [1.29, 1.82) is 0 Å². The Balaban J connectivity index is 2.86. The van der Waals surface area contributed by atoms with E-state index >= 15 is 0 Å². The highest BCUT2D eigenvalue weighted by Gasteiger charge is 2.15. The Bertz CT molecular complexity index is 407. The maximum atomic E-state index is 11.7. The Hall–Kier alpha value is -0.770. The van der Waals surface area contributed by atoms with E-state index in [1.165, 1.54) is 0 Å². The standard InChI is InChI=1S/C12H16Cl2N2O/c1-8(2)16(12(17)6-15)7-9-3-4-10(13)11(14)5-9/h3-5,8H,6-7,15H2,1-2H3. The third kappa shape index (κ3) is 3.87. The third-order valence-electron chi connectivity index (χ3n) is 2.46. The molecule has 0 saturated carbocycles. The van der Waals surface area contributed by atoms with Gasteiger partial charge in [-0.15, -0.1) is 0 Å². The van der Waals surface area contributed by atoms with Crippen molar-refractivity contribution in [3.8, 4) is 0 Å². The summed E-state index contributed by atoms with van der Waals surface area (Å²) in [6.45, 7) is 4.40. The van der Waals surface area contributed by atoms with Gasteiger partial charge in [0.15, 0.2) is 0 Å². The number of nitrogens with zero attached hydrogens (tertiary/aromatic N) is 1. The number of halogens is 2. The van der Waals surface area contributed by atoms with Crippen LogP contribution in [0, 0.1) is 0 Å². The molecule has 0 aliphatic rings. The molecule has 1 amide bonds. The molecule has 0 radical (unpaired) electrons. The van der Waals surface area contributed by atoms with Crippen LogP contribution in [0.1, 0.15) is 19.4 Å². The average molecular weight is 275 g/mol. The molecule has 0 spiro atoms. The van der Waals surface area contributed by atoms with Gasteiger partial charge in [0.2, 0.25) is 5.91 Å². The summed E-state index contributed by atoms with van der Waals surface area (Å²) >= 11 is 11.8. The second-order valence-electron chi connectivity index (χ2n) is 4.07. The van der Waals surface area contributed by atoms with E-state index in [2.05, 4.69) is 0 Å². The third-order valence-corrected chi connectivity index (χ3v) is 3.19. The summed E-state index contributed by atoms with van der Waals surface area (Å²) in [4.78, 5) is 13.4. The van der Waals surface area contributed by atoms with Gasteiger partial charge < -0.3 is 10.6 Å². The van der Waals surface area contributed by atoms with Gasteiger partial charge >= 0.3 is 0 Å². The molecule has 2 N–H and O–H groups in total. The van der Waals surface area contributed by atoms with Crippen LogP contribution in [0.15, 0.2) is 18.2 Å². The minimum Gasteiger partial charge on any atom is -0.335 e. The molecular formula is C12H16Cl2N2O. The monoisotopic (exact) mass is 274 g/mol. The van der Waals surface area contributed by atoms with E-state index in [-0.39, 0.29) is 18.5 Å². The normalized spacial score (nSPS) is 10.7. The summed E-state index contributed by atoms with van der Waals surface area (Å²) in [7, 11) is 0. The van der Waals surface area contributed by atoms with Crippen LogP contribution < -0.4 is 5.73 Å². The predicted molar refractivity (Wildman–Crippen MR) is 71.2 cm³/mol. The highest BCUT2D eigenvalue weighted by Crippen LogP contribution is 2.23. The molecular weight excluding hydrogens is 259 g/mol. The van der Waals surface area contributed by atoms with Crippen molar-refractivity contribution in [1.82, 2.24) is 4.90 Å². The summed E-state index contributed by atoms with van der Waals surface area (Å²) in [5.41, 5.74) is 6.32. The van der Waals surface area contributed by atoms with Gasteiger partial charge in [0, 0.05) is 12.6 Å². The Kier molecular flexibility index (Phi) is 5.25. The minimum absolute atomic E-state index is 0.0134. The van der Waals surface area contributed by atoms with Gasteiger partial charge in [0.05, 0.1) is 16.6 Å². The van der Waals surface area contributed by atoms with Gasteiger partial charge in [0.25, 0.3) is 0 Å². The molecule has 1 rings (SSSR count). The van der Waals surface area contributed by atoms with Gasteiger partial charge in [-0.25, -0.2) is 0 Å². The molecule has 0 unspecified atom stereocenters. The fourth-order valence-corrected chi connectivity index (χ4v) is 1.83. The predicted octanol–water partition coefficient (Wildman–Crippen LogP) is 2.69. The van der Waals surface area contributed by atoms with Crippen LogP contribution >= 0.6 is 23.2 Å². The molecule has 0 aliphatic carbocycles. The van der Waals surface area contributed by atoms with E-state index < -0.39 is 0 Å². The van der Waals surface area contributed by atoms with Crippen LogP contribution in [0.25, 0.3) is 0 Å². The van der Waals surface area contributed by atoms with Gasteiger partial charge in [-0.2, -0.15) is 0 Å². The van der Waals surface area contributed by atoms with E-state index in [4.69, 9.17) is 28.9 Å². The van der Waals surface area contributed by atoms with Crippen molar-refractivity contribution in [2.45, 2.75) is 26.4 Å². The van der Waals surface area contributed by atoms with Crippen LogP contribution in [-0.4, -0.2) is 23.4 Å². The first-order valence-electron chi connectivity index (χ1n) is 5.39. The number of carbonyl (C=O) groups is 1. The summed E-state index contributed by atoms with van der Waals surface area (Å²) in [6.07, 6.45) is 0. The lowest BCUT2D eigenvalue weighted by atomic mass is 10.2. The number of amides is 1. The number of nitrogens with two attached hydrogens (primary N) is 1. The van der Waals surface area contributed by atoms with E-state index in [0.29, 0.717) is 16.6 Å². The van der Waals surface area contributed by atoms with Crippen molar-refractivity contribution in [2.24, 2.45) is 5.73 Å². The molecule has 17 heavy (non-hydrogen) atoms. The van der Waals surface area contributed by atoms with Gasteiger partial charge in [0.1, 0.15) is 0 Å². The minimum atomic E-state index is -0.0777. The Morgan fingerprint density at radius 3 is 2.47 bits per heavy atom. The summed E-state index contributed by atoms with van der Waals surface area (Å²) in [5.74, 6) is -0.0777. The van der Waals surface area contributed by atoms with Crippen LogP contribution in [0.5, 0.6) is 0 Å². The van der Waals surface area contributed by atoms with Crippen LogP contribution in [0.4, 0.5) is 0 Å². The highest BCUT2D eigenvalue weighted by atomic mass is 35.5. The molecule has 0 bridgehead atoms. The fraction of sp³-hybridized carbons (Fsp3) is 0.417. The first-order chi connectivity index (χ1) is 7.95.